The Labute approximate surface area is 54.1 Å². The molecule has 0 aliphatic carbocycles. The van der Waals surface area contributed by atoms with Crippen molar-refractivity contribution in [3.8, 4) is 0 Å². The molecule has 0 aromatic rings. The van der Waals surface area contributed by atoms with Gasteiger partial charge in [-0.2, -0.15) is 0 Å². The number of hydrogen-bond acceptors (Lipinski definition) is 3. The van der Waals surface area contributed by atoms with Gasteiger partial charge in [-0.25, -0.2) is 0 Å². The average molecular weight is 129 g/mol. The number of aliphatic hydroxyl groups is 1. The van der Waals surface area contributed by atoms with Crippen LogP contribution in [0.1, 0.15) is 13.3 Å². The van der Waals surface area contributed by atoms with Crippen LogP contribution in [-0.2, 0) is 4.79 Å². The summed E-state index contributed by atoms with van der Waals surface area (Å²) in [6, 6.07) is -0.130. The first-order valence-electron chi connectivity index (χ1n) is 3.13. The molecule has 1 fully saturated rings. The van der Waals surface area contributed by atoms with E-state index in [9.17, 15) is 4.79 Å². The second-order valence-corrected chi connectivity index (χ2v) is 2.57. The predicted molar refractivity (Wildman–Crippen MR) is 32.8 cm³/mol. The van der Waals surface area contributed by atoms with E-state index in [1.807, 2.05) is 6.92 Å². The highest BCUT2D eigenvalue weighted by Crippen LogP contribution is 2.15. The van der Waals surface area contributed by atoms with Gasteiger partial charge in [-0.05, 0) is 12.3 Å². The summed E-state index contributed by atoms with van der Waals surface area (Å²) in [5, 5.41) is 11.8. The lowest BCUT2D eigenvalue weighted by Crippen LogP contribution is -2.31. The lowest BCUT2D eigenvalue weighted by molar-refractivity contribution is -0.109. The maximum atomic E-state index is 10.1. The van der Waals surface area contributed by atoms with Crippen LogP contribution in [0.4, 0.5) is 0 Å². The first-order valence-corrected chi connectivity index (χ1v) is 3.13. The minimum absolute atomic E-state index is 0.130. The third kappa shape index (κ3) is 1.28. The highest BCUT2D eigenvalue weighted by atomic mass is 16.3. The van der Waals surface area contributed by atoms with E-state index in [2.05, 4.69) is 5.32 Å². The lowest BCUT2D eigenvalue weighted by Gasteiger charge is -2.05. The van der Waals surface area contributed by atoms with Crippen LogP contribution in [-0.4, -0.2) is 23.7 Å². The fraction of sp³-hybridized carbons (Fsp3) is 0.833. The van der Waals surface area contributed by atoms with E-state index in [0.29, 0.717) is 0 Å². The molecule has 0 radical (unpaired) electrons. The lowest BCUT2D eigenvalue weighted by atomic mass is 10.1. The maximum Gasteiger partial charge on any atom is 0.136 e. The Hall–Kier alpha value is -0.410. The standard InChI is InChI=1S/C6H11NO2/c1-4-2-5(3-8)7-6(4)9/h3-7,9H,2H2,1H3/t4-,5+,6?/m1/s1. The summed E-state index contributed by atoms with van der Waals surface area (Å²) >= 11 is 0. The van der Waals surface area contributed by atoms with Gasteiger partial charge in [-0.3, -0.25) is 5.32 Å². The Morgan fingerprint density at radius 2 is 2.44 bits per heavy atom. The predicted octanol–water partition coefficient (Wildman–Crippen LogP) is -0.498. The van der Waals surface area contributed by atoms with Gasteiger partial charge in [0.05, 0.1) is 6.04 Å². The molecule has 3 atom stereocenters. The molecule has 2 N–H and O–H groups in total. The van der Waals surface area contributed by atoms with Crippen molar-refractivity contribution in [2.24, 2.45) is 5.92 Å². The number of aldehydes is 1. The van der Waals surface area contributed by atoms with Gasteiger partial charge in [0.2, 0.25) is 0 Å². The van der Waals surface area contributed by atoms with E-state index >= 15 is 0 Å². The SMILES string of the molecule is C[C@@H]1C[C@@H](C=O)NC1O. The Balaban J connectivity index is 2.43. The van der Waals surface area contributed by atoms with Gasteiger partial charge in [0, 0.05) is 0 Å². The summed E-state index contributed by atoms with van der Waals surface area (Å²) in [5.41, 5.74) is 0. The van der Waals surface area contributed by atoms with Gasteiger partial charge < -0.3 is 9.90 Å². The van der Waals surface area contributed by atoms with Crippen molar-refractivity contribution < 1.29 is 9.90 Å². The van der Waals surface area contributed by atoms with Crippen LogP contribution < -0.4 is 5.32 Å². The summed E-state index contributed by atoms with van der Waals surface area (Å²) < 4.78 is 0. The quantitative estimate of drug-likeness (QED) is 0.469. The van der Waals surface area contributed by atoms with E-state index < -0.39 is 6.23 Å². The molecular formula is C6H11NO2. The molecule has 1 unspecified atom stereocenters. The summed E-state index contributed by atoms with van der Waals surface area (Å²) in [4.78, 5) is 10.1. The first-order chi connectivity index (χ1) is 4.24. The Bertz CT molecular complexity index is 106. The maximum absolute atomic E-state index is 10.1. The van der Waals surface area contributed by atoms with Gasteiger partial charge in [0.1, 0.15) is 12.5 Å². The summed E-state index contributed by atoms with van der Waals surface area (Å²) in [7, 11) is 0. The van der Waals surface area contributed by atoms with Crippen molar-refractivity contribution in [2.75, 3.05) is 0 Å². The van der Waals surface area contributed by atoms with E-state index in [1.165, 1.54) is 0 Å². The van der Waals surface area contributed by atoms with Crippen molar-refractivity contribution in [2.45, 2.75) is 25.6 Å². The van der Waals surface area contributed by atoms with Gasteiger partial charge in [0.25, 0.3) is 0 Å². The molecule has 0 bridgehead atoms. The molecule has 3 nitrogen and oxygen atoms in total. The van der Waals surface area contributed by atoms with Crippen LogP contribution in [0.2, 0.25) is 0 Å². The number of rotatable bonds is 1. The van der Waals surface area contributed by atoms with Crippen molar-refractivity contribution in [1.82, 2.24) is 5.32 Å². The third-order valence-electron chi connectivity index (χ3n) is 1.71. The summed E-state index contributed by atoms with van der Waals surface area (Å²) in [6.07, 6.45) is 1.11. The van der Waals surface area contributed by atoms with Crippen molar-refractivity contribution in [3.05, 3.63) is 0 Å². The smallest absolute Gasteiger partial charge is 0.136 e. The topological polar surface area (TPSA) is 49.3 Å². The van der Waals surface area contributed by atoms with E-state index in [4.69, 9.17) is 5.11 Å². The normalized spacial score (nSPS) is 43.1. The zero-order valence-electron chi connectivity index (χ0n) is 5.37. The molecule has 3 heteroatoms. The molecule has 0 amide bonds. The van der Waals surface area contributed by atoms with Crippen LogP contribution in [0.5, 0.6) is 0 Å². The summed E-state index contributed by atoms with van der Waals surface area (Å²) in [5.74, 6) is 0.209. The number of hydrogen-bond donors (Lipinski definition) is 2. The van der Waals surface area contributed by atoms with Crippen LogP contribution in [0.15, 0.2) is 0 Å². The van der Waals surface area contributed by atoms with Gasteiger partial charge in [-0.15, -0.1) is 0 Å². The van der Waals surface area contributed by atoms with Crippen molar-refractivity contribution in [3.63, 3.8) is 0 Å². The van der Waals surface area contributed by atoms with Crippen LogP contribution in [0.25, 0.3) is 0 Å². The molecule has 1 saturated heterocycles. The first kappa shape index (κ1) is 6.71. The van der Waals surface area contributed by atoms with Gasteiger partial charge in [0.15, 0.2) is 0 Å². The zero-order chi connectivity index (χ0) is 6.85. The molecule has 1 aliphatic rings. The van der Waals surface area contributed by atoms with E-state index in [1.54, 1.807) is 0 Å². The average Bonchev–Trinajstić information content (AvgIpc) is 2.13. The van der Waals surface area contributed by atoms with Crippen molar-refractivity contribution in [1.29, 1.82) is 0 Å². The number of aliphatic hydroxyl groups excluding tert-OH is 1. The van der Waals surface area contributed by atoms with Gasteiger partial charge in [-0.1, -0.05) is 6.92 Å². The molecule has 0 saturated carbocycles. The molecule has 0 aromatic carbocycles. The van der Waals surface area contributed by atoms with E-state index in [-0.39, 0.29) is 12.0 Å². The Kier molecular flexibility index (Phi) is 1.83. The molecule has 0 aromatic heterocycles. The third-order valence-corrected chi connectivity index (χ3v) is 1.71. The second kappa shape index (κ2) is 2.45. The fourth-order valence-corrected chi connectivity index (χ4v) is 1.08. The minimum Gasteiger partial charge on any atom is -0.378 e. The van der Waals surface area contributed by atoms with Crippen LogP contribution in [0.3, 0.4) is 0 Å². The largest absolute Gasteiger partial charge is 0.378 e. The summed E-state index contributed by atoms with van der Waals surface area (Å²) in [6.45, 7) is 1.92. The molecule has 9 heavy (non-hydrogen) atoms. The molecule has 1 aliphatic heterocycles. The molecule has 0 spiro atoms. The molecule has 1 heterocycles. The fourth-order valence-electron chi connectivity index (χ4n) is 1.08. The molecule has 1 rings (SSSR count). The van der Waals surface area contributed by atoms with E-state index in [0.717, 1.165) is 12.7 Å². The number of carbonyl (C=O) groups excluding carboxylic acids is 1. The Morgan fingerprint density at radius 3 is 2.67 bits per heavy atom. The number of carbonyl (C=O) groups is 1. The van der Waals surface area contributed by atoms with Crippen molar-refractivity contribution >= 4 is 6.29 Å². The molecular weight excluding hydrogens is 118 g/mol. The zero-order valence-corrected chi connectivity index (χ0v) is 5.37. The van der Waals surface area contributed by atoms with Crippen LogP contribution in [0, 0.1) is 5.92 Å². The Morgan fingerprint density at radius 1 is 1.78 bits per heavy atom. The second-order valence-electron chi connectivity index (χ2n) is 2.57. The highest BCUT2D eigenvalue weighted by Gasteiger charge is 2.27. The van der Waals surface area contributed by atoms with Gasteiger partial charge >= 0.3 is 0 Å². The molecule has 52 valence electrons. The monoisotopic (exact) mass is 129 g/mol. The van der Waals surface area contributed by atoms with Crippen LogP contribution >= 0.6 is 0 Å². The highest BCUT2D eigenvalue weighted by molar-refractivity contribution is 5.58. The minimum atomic E-state index is -0.486. The number of nitrogens with one attached hydrogen (secondary N) is 1.